The van der Waals surface area contributed by atoms with Crippen LogP contribution in [0.25, 0.3) is 0 Å². The normalized spacial score (nSPS) is 16.1. The van der Waals surface area contributed by atoms with Crippen molar-refractivity contribution in [1.29, 1.82) is 0 Å². The topological polar surface area (TPSA) is 64.3 Å². The first-order valence-electron chi connectivity index (χ1n) is 7.31. The number of hydrogen-bond acceptors (Lipinski definition) is 6. The minimum Gasteiger partial charge on any atom is -0.470 e. The first-order chi connectivity index (χ1) is 10.4. The number of anilines is 1. The minimum atomic E-state index is 0.526. The number of benzene rings is 1. The minimum absolute atomic E-state index is 0.526. The molecule has 5 nitrogen and oxygen atoms in total. The molecule has 6 heteroatoms. The molecule has 112 valence electrons. The molecule has 0 spiro atoms. The van der Waals surface area contributed by atoms with E-state index in [1.807, 2.05) is 30.3 Å². The van der Waals surface area contributed by atoms with Crippen molar-refractivity contribution in [3.63, 3.8) is 0 Å². The quantitative estimate of drug-likeness (QED) is 0.918. The van der Waals surface area contributed by atoms with Gasteiger partial charge < -0.3 is 15.4 Å². The lowest BCUT2D eigenvalue weighted by Crippen LogP contribution is -2.36. The van der Waals surface area contributed by atoms with Crippen LogP contribution in [0.2, 0.25) is 0 Å². The summed E-state index contributed by atoms with van der Waals surface area (Å²) in [7, 11) is 0. The van der Waals surface area contributed by atoms with E-state index in [4.69, 9.17) is 10.5 Å². The molecule has 0 atom stereocenters. The molecule has 0 amide bonds. The van der Waals surface area contributed by atoms with Crippen LogP contribution in [0, 0.1) is 5.92 Å². The molecule has 1 saturated heterocycles. The maximum absolute atomic E-state index is 5.84. The van der Waals surface area contributed by atoms with Crippen molar-refractivity contribution in [2.75, 3.05) is 24.5 Å². The van der Waals surface area contributed by atoms with E-state index in [1.54, 1.807) is 0 Å². The zero-order chi connectivity index (χ0) is 14.5. The first kappa shape index (κ1) is 14.3. The monoisotopic (exact) mass is 304 g/mol. The lowest BCUT2D eigenvalue weighted by Gasteiger charge is -2.31. The lowest BCUT2D eigenvalue weighted by atomic mass is 9.97. The van der Waals surface area contributed by atoms with Gasteiger partial charge in [0.25, 0.3) is 5.88 Å². The number of rotatable bonds is 5. The van der Waals surface area contributed by atoms with E-state index >= 15 is 0 Å². The summed E-state index contributed by atoms with van der Waals surface area (Å²) in [5.74, 6) is 2.17. The fourth-order valence-electron chi connectivity index (χ4n) is 2.57. The first-order valence-corrected chi connectivity index (χ1v) is 8.04. The maximum Gasteiger partial charge on any atom is 0.271 e. The highest BCUT2D eigenvalue weighted by Crippen LogP contribution is 2.29. The zero-order valence-electron chi connectivity index (χ0n) is 11.9. The van der Waals surface area contributed by atoms with E-state index in [2.05, 4.69) is 13.6 Å². The van der Waals surface area contributed by atoms with E-state index in [0.717, 1.165) is 43.9 Å². The second-order valence-electron chi connectivity index (χ2n) is 5.33. The number of piperidine rings is 1. The van der Waals surface area contributed by atoms with E-state index in [1.165, 1.54) is 11.7 Å². The van der Waals surface area contributed by atoms with Gasteiger partial charge in [-0.2, -0.15) is 4.37 Å². The molecule has 0 bridgehead atoms. The van der Waals surface area contributed by atoms with Gasteiger partial charge in [0.05, 0.1) is 11.7 Å². The summed E-state index contributed by atoms with van der Waals surface area (Å²) in [6, 6.07) is 10.1. The second kappa shape index (κ2) is 6.87. The third-order valence-corrected chi connectivity index (χ3v) is 4.41. The Kier molecular flexibility index (Phi) is 4.67. The zero-order valence-corrected chi connectivity index (χ0v) is 12.8. The van der Waals surface area contributed by atoms with E-state index in [9.17, 15) is 0 Å². The van der Waals surface area contributed by atoms with Gasteiger partial charge in [0.2, 0.25) is 5.82 Å². The number of nitrogens with two attached hydrogens (primary N) is 1. The summed E-state index contributed by atoms with van der Waals surface area (Å²) in [6.07, 6.45) is 2.23. The Labute approximate surface area is 129 Å². The Morgan fingerprint density at radius 2 is 1.95 bits per heavy atom. The molecule has 2 N–H and O–H groups in total. The number of nitrogens with zero attached hydrogens (tertiary/aromatic N) is 3. The molecule has 2 heterocycles. The number of ether oxygens (including phenoxy) is 1. The van der Waals surface area contributed by atoms with Gasteiger partial charge in [-0.25, -0.2) is 0 Å². The fourth-order valence-corrected chi connectivity index (χ4v) is 3.09. The predicted octanol–water partition coefficient (Wildman–Crippen LogP) is 2.29. The smallest absolute Gasteiger partial charge is 0.271 e. The van der Waals surface area contributed by atoms with Gasteiger partial charge >= 0.3 is 0 Å². The van der Waals surface area contributed by atoms with Crippen LogP contribution in [0.3, 0.4) is 0 Å². The van der Waals surface area contributed by atoms with Crippen molar-refractivity contribution >= 4 is 17.5 Å². The van der Waals surface area contributed by atoms with Crippen LogP contribution >= 0.6 is 11.7 Å². The average Bonchev–Trinajstić information content (AvgIpc) is 3.02. The van der Waals surface area contributed by atoms with Gasteiger partial charge in [-0.05, 0) is 30.9 Å². The average molecular weight is 304 g/mol. The summed E-state index contributed by atoms with van der Waals surface area (Å²) in [5.41, 5.74) is 6.88. The SMILES string of the molecule is NCC1CCN(c2nsnc2OCc2ccccc2)CC1. The highest BCUT2D eigenvalue weighted by molar-refractivity contribution is 6.99. The molecule has 0 saturated carbocycles. The summed E-state index contributed by atoms with van der Waals surface area (Å²) in [5, 5.41) is 0. The molecular weight excluding hydrogens is 284 g/mol. The maximum atomic E-state index is 5.84. The molecule has 0 unspecified atom stereocenters. The highest BCUT2D eigenvalue weighted by atomic mass is 32.1. The van der Waals surface area contributed by atoms with Crippen LogP contribution in [-0.2, 0) is 6.61 Å². The standard InChI is InChI=1S/C15H20N4OS/c16-10-12-6-8-19(9-7-12)14-15(18-21-17-14)20-11-13-4-2-1-3-5-13/h1-5,12H,6-11,16H2. The summed E-state index contributed by atoms with van der Waals surface area (Å²) in [4.78, 5) is 2.26. The molecule has 1 aliphatic heterocycles. The molecule has 1 aromatic heterocycles. The number of hydrogen-bond donors (Lipinski definition) is 1. The van der Waals surface area contributed by atoms with E-state index in [-0.39, 0.29) is 0 Å². The molecular formula is C15H20N4OS. The van der Waals surface area contributed by atoms with Gasteiger partial charge in [-0.15, -0.1) is 4.37 Å². The van der Waals surface area contributed by atoms with Gasteiger partial charge in [0, 0.05) is 13.1 Å². The van der Waals surface area contributed by atoms with Crippen LogP contribution in [-0.4, -0.2) is 28.4 Å². The van der Waals surface area contributed by atoms with Crippen molar-refractivity contribution < 1.29 is 4.74 Å². The van der Waals surface area contributed by atoms with Crippen molar-refractivity contribution in [2.24, 2.45) is 11.7 Å². The third kappa shape index (κ3) is 3.51. The third-order valence-electron chi connectivity index (χ3n) is 3.91. The molecule has 0 radical (unpaired) electrons. The molecule has 1 aliphatic rings. The Balaban J connectivity index is 1.62. The van der Waals surface area contributed by atoms with E-state index in [0.29, 0.717) is 18.4 Å². The molecule has 0 aliphatic carbocycles. The van der Waals surface area contributed by atoms with Gasteiger partial charge in [0.1, 0.15) is 6.61 Å². The Morgan fingerprint density at radius 3 is 2.67 bits per heavy atom. The summed E-state index contributed by atoms with van der Waals surface area (Å²) in [6.45, 7) is 3.27. The molecule has 1 fully saturated rings. The van der Waals surface area contributed by atoms with Crippen molar-refractivity contribution in [1.82, 2.24) is 8.75 Å². The molecule has 1 aromatic carbocycles. The van der Waals surface area contributed by atoms with Crippen LogP contribution in [0.5, 0.6) is 5.88 Å². The highest BCUT2D eigenvalue weighted by Gasteiger charge is 2.23. The fraction of sp³-hybridized carbons (Fsp3) is 0.467. The predicted molar refractivity (Wildman–Crippen MR) is 84.7 cm³/mol. The number of aromatic nitrogens is 2. The molecule has 3 rings (SSSR count). The Bertz CT molecular complexity index is 552. The lowest BCUT2D eigenvalue weighted by molar-refractivity contribution is 0.295. The second-order valence-corrected chi connectivity index (χ2v) is 5.86. The van der Waals surface area contributed by atoms with Crippen molar-refractivity contribution in [3.05, 3.63) is 35.9 Å². The van der Waals surface area contributed by atoms with Gasteiger partial charge in [-0.1, -0.05) is 30.3 Å². The van der Waals surface area contributed by atoms with Crippen molar-refractivity contribution in [3.8, 4) is 5.88 Å². The largest absolute Gasteiger partial charge is 0.470 e. The summed E-state index contributed by atoms with van der Waals surface area (Å²) >= 11 is 1.21. The van der Waals surface area contributed by atoms with Crippen LogP contribution in [0.4, 0.5) is 5.82 Å². The molecule has 21 heavy (non-hydrogen) atoms. The molecule has 2 aromatic rings. The van der Waals surface area contributed by atoms with E-state index < -0.39 is 0 Å². The van der Waals surface area contributed by atoms with Crippen molar-refractivity contribution in [2.45, 2.75) is 19.4 Å². The van der Waals surface area contributed by atoms with Gasteiger partial charge in [-0.3, -0.25) is 0 Å². The van der Waals surface area contributed by atoms with Crippen LogP contribution < -0.4 is 15.4 Å². The summed E-state index contributed by atoms with van der Waals surface area (Å²) < 4.78 is 14.5. The van der Waals surface area contributed by atoms with Crippen LogP contribution in [0.15, 0.2) is 30.3 Å². The Hall–Kier alpha value is -1.66. The van der Waals surface area contributed by atoms with Gasteiger partial charge in [0.15, 0.2) is 0 Å². The Morgan fingerprint density at radius 1 is 1.19 bits per heavy atom. The van der Waals surface area contributed by atoms with Crippen LogP contribution in [0.1, 0.15) is 18.4 Å².